The number of guanidine groups is 1. The second kappa shape index (κ2) is 9.67. The van der Waals surface area contributed by atoms with Crippen LogP contribution >= 0.6 is 0 Å². The molecule has 3 N–H and O–H groups in total. The molecule has 5 nitrogen and oxygen atoms in total. The number of rotatable bonds is 7. The highest BCUT2D eigenvalue weighted by Crippen LogP contribution is 2.13. The number of aliphatic hydroxyl groups is 1. The van der Waals surface area contributed by atoms with Crippen LogP contribution in [-0.4, -0.2) is 42.8 Å². The molecule has 1 atom stereocenters. The van der Waals surface area contributed by atoms with Crippen LogP contribution in [0.2, 0.25) is 0 Å². The third-order valence-corrected chi connectivity index (χ3v) is 4.05. The topological polar surface area (TPSA) is 69.5 Å². The highest BCUT2D eigenvalue weighted by Gasteiger charge is 2.10. The zero-order chi connectivity index (χ0) is 17.2. The van der Waals surface area contributed by atoms with Gasteiger partial charge in [-0.1, -0.05) is 30.3 Å². The Kier molecular flexibility index (Phi) is 7.23. The normalized spacial score (nSPS) is 12.7. The molecule has 24 heavy (non-hydrogen) atoms. The quantitative estimate of drug-likeness (QED) is 0.537. The number of nitrogens with one attached hydrogen (secondary N) is 2. The Labute approximate surface area is 143 Å². The smallest absolute Gasteiger partial charge is 0.191 e. The molecular weight excluding hydrogens is 300 g/mol. The fourth-order valence-electron chi connectivity index (χ4n) is 2.55. The first-order chi connectivity index (χ1) is 11.7. The Bertz CT molecular complexity index is 643. The summed E-state index contributed by atoms with van der Waals surface area (Å²) in [5, 5.41) is 16.2. The standard InChI is InChI=1S/C19H26N4O/c1-15-12-21-10-8-16(15)9-11-22-19(20-2)23-13-18(14-24)17-6-4-3-5-7-17/h3-8,10,12,18,24H,9,11,13-14H2,1-2H3,(H2,20,22,23). The molecule has 0 amide bonds. The van der Waals surface area contributed by atoms with Gasteiger partial charge in [0.2, 0.25) is 0 Å². The summed E-state index contributed by atoms with van der Waals surface area (Å²) in [7, 11) is 1.75. The second-order valence-electron chi connectivity index (χ2n) is 5.72. The van der Waals surface area contributed by atoms with Gasteiger partial charge in [-0.15, -0.1) is 0 Å². The van der Waals surface area contributed by atoms with Gasteiger partial charge >= 0.3 is 0 Å². The SMILES string of the molecule is CN=C(NCCc1ccncc1C)NCC(CO)c1ccccc1. The average Bonchev–Trinajstić information content (AvgIpc) is 2.63. The van der Waals surface area contributed by atoms with Crippen molar-refractivity contribution in [3.05, 3.63) is 65.5 Å². The lowest BCUT2D eigenvalue weighted by molar-refractivity contribution is 0.265. The summed E-state index contributed by atoms with van der Waals surface area (Å²) in [5.41, 5.74) is 3.60. The number of aliphatic imine (C=N–C) groups is 1. The number of hydrogen-bond donors (Lipinski definition) is 3. The van der Waals surface area contributed by atoms with Crippen LogP contribution in [0.3, 0.4) is 0 Å². The zero-order valence-electron chi connectivity index (χ0n) is 14.4. The third kappa shape index (κ3) is 5.35. The number of aromatic nitrogens is 1. The minimum atomic E-state index is 0.0483. The number of benzene rings is 1. The van der Waals surface area contributed by atoms with Crippen LogP contribution in [0.1, 0.15) is 22.6 Å². The highest BCUT2D eigenvalue weighted by atomic mass is 16.3. The molecule has 5 heteroatoms. The van der Waals surface area contributed by atoms with Crippen molar-refractivity contribution < 1.29 is 5.11 Å². The summed E-state index contributed by atoms with van der Waals surface area (Å²) in [4.78, 5) is 8.35. The molecule has 1 heterocycles. The maximum absolute atomic E-state index is 9.61. The molecule has 1 unspecified atom stereocenters. The molecule has 0 aliphatic carbocycles. The minimum Gasteiger partial charge on any atom is -0.396 e. The first-order valence-corrected chi connectivity index (χ1v) is 8.24. The van der Waals surface area contributed by atoms with Gasteiger partial charge in [0, 0.05) is 38.4 Å². The lowest BCUT2D eigenvalue weighted by atomic mass is 10.0. The van der Waals surface area contributed by atoms with Gasteiger partial charge in [0.05, 0.1) is 6.61 Å². The summed E-state index contributed by atoms with van der Waals surface area (Å²) in [5.74, 6) is 0.795. The van der Waals surface area contributed by atoms with Crippen LogP contribution in [-0.2, 0) is 6.42 Å². The van der Waals surface area contributed by atoms with Crippen molar-refractivity contribution >= 4 is 5.96 Å². The maximum atomic E-state index is 9.61. The van der Waals surface area contributed by atoms with E-state index in [1.54, 1.807) is 7.05 Å². The summed E-state index contributed by atoms with van der Waals surface area (Å²) in [6.45, 7) is 3.60. The monoisotopic (exact) mass is 326 g/mol. The van der Waals surface area contributed by atoms with Crippen molar-refractivity contribution in [2.75, 3.05) is 26.7 Å². The van der Waals surface area contributed by atoms with Gasteiger partial charge in [-0.2, -0.15) is 0 Å². The van der Waals surface area contributed by atoms with E-state index in [1.807, 2.05) is 48.8 Å². The van der Waals surface area contributed by atoms with Gasteiger partial charge in [-0.05, 0) is 36.1 Å². The highest BCUT2D eigenvalue weighted by molar-refractivity contribution is 5.79. The van der Waals surface area contributed by atoms with E-state index in [0.717, 1.165) is 24.5 Å². The predicted octanol–water partition coefficient (Wildman–Crippen LogP) is 1.87. The van der Waals surface area contributed by atoms with Gasteiger partial charge in [0.25, 0.3) is 0 Å². The van der Waals surface area contributed by atoms with Gasteiger partial charge in [0.1, 0.15) is 0 Å². The van der Waals surface area contributed by atoms with Crippen LogP contribution < -0.4 is 10.6 Å². The predicted molar refractivity (Wildman–Crippen MR) is 98.3 cm³/mol. The van der Waals surface area contributed by atoms with Gasteiger partial charge in [-0.3, -0.25) is 9.98 Å². The van der Waals surface area contributed by atoms with Crippen molar-refractivity contribution in [1.82, 2.24) is 15.6 Å². The largest absolute Gasteiger partial charge is 0.396 e. The van der Waals surface area contributed by atoms with Crippen molar-refractivity contribution in [2.45, 2.75) is 19.3 Å². The molecule has 128 valence electrons. The van der Waals surface area contributed by atoms with Gasteiger partial charge in [-0.25, -0.2) is 0 Å². The molecule has 2 aromatic rings. The number of nitrogens with zero attached hydrogens (tertiary/aromatic N) is 2. The van der Waals surface area contributed by atoms with Crippen LogP contribution in [0.25, 0.3) is 0 Å². The van der Waals surface area contributed by atoms with E-state index < -0.39 is 0 Å². The number of hydrogen-bond acceptors (Lipinski definition) is 3. The number of aliphatic hydroxyl groups excluding tert-OH is 1. The van der Waals surface area contributed by atoms with E-state index in [2.05, 4.69) is 27.5 Å². The van der Waals surface area contributed by atoms with Crippen molar-refractivity contribution in [3.8, 4) is 0 Å². The summed E-state index contributed by atoms with van der Waals surface area (Å²) in [6.07, 6.45) is 4.62. The molecule has 0 aliphatic rings. The fraction of sp³-hybridized carbons (Fsp3) is 0.368. The lowest BCUT2D eigenvalue weighted by Crippen LogP contribution is -2.40. The number of aryl methyl sites for hydroxylation is 1. The minimum absolute atomic E-state index is 0.0483. The first kappa shape index (κ1) is 17.9. The molecule has 0 saturated carbocycles. The molecule has 2 rings (SSSR count). The Morgan fingerprint density at radius 2 is 2.00 bits per heavy atom. The first-order valence-electron chi connectivity index (χ1n) is 8.24. The zero-order valence-corrected chi connectivity index (χ0v) is 14.4. The van der Waals surface area contributed by atoms with Crippen LogP contribution in [0.5, 0.6) is 0 Å². The molecule has 0 radical (unpaired) electrons. The third-order valence-electron chi connectivity index (χ3n) is 4.05. The molecule has 0 fully saturated rings. The Morgan fingerprint density at radius 3 is 2.67 bits per heavy atom. The van der Waals surface area contributed by atoms with E-state index in [4.69, 9.17) is 0 Å². The summed E-state index contributed by atoms with van der Waals surface area (Å²) in [6, 6.07) is 12.1. The second-order valence-corrected chi connectivity index (χ2v) is 5.72. The Morgan fingerprint density at radius 1 is 1.21 bits per heavy atom. The fourth-order valence-corrected chi connectivity index (χ4v) is 2.55. The summed E-state index contributed by atoms with van der Waals surface area (Å²) >= 11 is 0. The van der Waals surface area contributed by atoms with Gasteiger partial charge < -0.3 is 15.7 Å². The Balaban J connectivity index is 1.81. The van der Waals surface area contributed by atoms with Crippen molar-refractivity contribution in [2.24, 2.45) is 4.99 Å². The molecule has 1 aromatic heterocycles. The van der Waals surface area contributed by atoms with E-state index in [0.29, 0.717) is 6.54 Å². The summed E-state index contributed by atoms with van der Waals surface area (Å²) < 4.78 is 0. The lowest BCUT2D eigenvalue weighted by Gasteiger charge is -2.18. The van der Waals surface area contributed by atoms with Crippen LogP contribution in [0, 0.1) is 6.92 Å². The molecule has 0 saturated heterocycles. The van der Waals surface area contributed by atoms with Crippen molar-refractivity contribution in [3.63, 3.8) is 0 Å². The average molecular weight is 326 g/mol. The number of pyridine rings is 1. The van der Waals surface area contributed by atoms with E-state index in [1.165, 1.54) is 11.1 Å². The molecule has 0 aliphatic heterocycles. The molecule has 1 aromatic carbocycles. The Hall–Kier alpha value is -2.40. The molecule has 0 spiro atoms. The van der Waals surface area contributed by atoms with E-state index in [-0.39, 0.29) is 12.5 Å². The van der Waals surface area contributed by atoms with Crippen LogP contribution in [0.15, 0.2) is 53.8 Å². The van der Waals surface area contributed by atoms with E-state index in [9.17, 15) is 5.11 Å². The maximum Gasteiger partial charge on any atom is 0.191 e. The molecule has 0 bridgehead atoms. The van der Waals surface area contributed by atoms with Crippen LogP contribution in [0.4, 0.5) is 0 Å². The van der Waals surface area contributed by atoms with Gasteiger partial charge in [0.15, 0.2) is 5.96 Å². The molecular formula is C19H26N4O. The van der Waals surface area contributed by atoms with E-state index >= 15 is 0 Å². The van der Waals surface area contributed by atoms with Crippen molar-refractivity contribution in [1.29, 1.82) is 0 Å².